The number of phenols is 1. The summed E-state index contributed by atoms with van der Waals surface area (Å²) in [5.41, 5.74) is 1.47. The molecule has 120 valence electrons. The molecule has 1 heterocycles. The summed E-state index contributed by atoms with van der Waals surface area (Å²) < 4.78 is 0. The molecule has 1 N–H and O–H groups in total. The van der Waals surface area contributed by atoms with Gasteiger partial charge < -0.3 is 10.0 Å². The number of benzene rings is 1. The van der Waals surface area contributed by atoms with Crippen LogP contribution in [0.15, 0.2) is 24.3 Å². The largest absolute Gasteiger partial charge is 0.508 e. The molecular weight excluding hydrogens is 282 g/mol. The van der Waals surface area contributed by atoms with Gasteiger partial charge in [-0.2, -0.15) is 0 Å². The number of halogens is 1. The van der Waals surface area contributed by atoms with Crippen LogP contribution in [0, 0.1) is 11.8 Å². The molecule has 0 bridgehead atoms. The lowest BCUT2D eigenvalue weighted by Gasteiger charge is -2.45. The third-order valence-electron chi connectivity index (χ3n) is 5.10. The normalized spacial score (nSPS) is 26.6. The minimum atomic E-state index is 0. The summed E-state index contributed by atoms with van der Waals surface area (Å²) in [4.78, 5) is 2.61. The van der Waals surface area contributed by atoms with Gasteiger partial charge in [-0.05, 0) is 60.9 Å². The summed E-state index contributed by atoms with van der Waals surface area (Å²) in [5, 5.41) is 9.73. The highest BCUT2D eigenvalue weighted by Gasteiger charge is 2.37. The number of nitrogens with zero attached hydrogens (tertiary/aromatic N) is 1. The lowest BCUT2D eigenvalue weighted by Crippen LogP contribution is -2.47. The number of aromatic hydroxyl groups is 1. The van der Waals surface area contributed by atoms with Crippen molar-refractivity contribution in [2.24, 2.45) is 11.8 Å². The zero-order chi connectivity index (χ0) is 14.8. The Hall–Kier alpha value is -0.730. The topological polar surface area (TPSA) is 23.5 Å². The number of piperidine rings is 1. The van der Waals surface area contributed by atoms with Gasteiger partial charge in [0.25, 0.3) is 0 Å². The van der Waals surface area contributed by atoms with Gasteiger partial charge in [0.05, 0.1) is 0 Å². The van der Waals surface area contributed by atoms with E-state index in [1.54, 1.807) is 6.07 Å². The third-order valence-corrected chi connectivity index (χ3v) is 5.10. The quantitative estimate of drug-likeness (QED) is 0.887. The van der Waals surface area contributed by atoms with Crippen molar-refractivity contribution in [1.82, 2.24) is 4.90 Å². The predicted molar refractivity (Wildman–Crippen MR) is 92.4 cm³/mol. The number of hydrogen-bond acceptors (Lipinski definition) is 2. The van der Waals surface area contributed by atoms with E-state index < -0.39 is 0 Å². The molecule has 2 rings (SSSR count). The number of phenolic OH excluding ortho intramolecular Hbond substituents is 1. The van der Waals surface area contributed by atoms with E-state index in [4.69, 9.17) is 0 Å². The Kier molecular flexibility index (Phi) is 6.55. The lowest BCUT2D eigenvalue weighted by atomic mass is 9.68. The summed E-state index contributed by atoms with van der Waals surface area (Å²) in [7, 11) is 0. The molecule has 1 aliphatic rings. The average molecular weight is 312 g/mol. The van der Waals surface area contributed by atoms with Gasteiger partial charge in [-0.15, -0.1) is 12.4 Å². The molecule has 1 aliphatic heterocycles. The molecule has 1 aromatic rings. The van der Waals surface area contributed by atoms with E-state index >= 15 is 0 Å². The average Bonchev–Trinajstić information content (AvgIpc) is 2.40. The first kappa shape index (κ1) is 18.3. The van der Waals surface area contributed by atoms with E-state index in [1.807, 2.05) is 12.1 Å². The van der Waals surface area contributed by atoms with Crippen molar-refractivity contribution in [3.63, 3.8) is 0 Å². The van der Waals surface area contributed by atoms with Crippen LogP contribution in [-0.2, 0) is 5.41 Å². The molecular formula is C18H30ClNO. The van der Waals surface area contributed by atoms with Crippen molar-refractivity contribution in [2.75, 3.05) is 19.6 Å². The smallest absolute Gasteiger partial charge is 0.115 e. The van der Waals surface area contributed by atoms with Crippen LogP contribution in [0.1, 0.15) is 46.1 Å². The fraction of sp³-hybridized carbons (Fsp3) is 0.667. The molecule has 1 aromatic carbocycles. The number of hydrogen-bond donors (Lipinski definition) is 1. The van der Waals surface area contributed by atoms with Crippen LogP contribution < -0.4 is 0 Å². The third kappa shape index (κ3) is 4.37. The van der Waals surface area contributed by atoms with Crippen LogP contribution in [0.3, 0.4) is 0 Å². The van der Waals surface area contributed by atoms with Gasteiger partial charge in [-0.25, -0.2) is 0 Å². The van der Waals surface area contributed by atoms with E-state index in [0.717, 1.165) is 5.92 Å². The molecule has 1 saturated heterocycles. The second-order valence-corrected chi connectivity index (χ2v) is 7.10. The molecule has 0 unspecified atom stereocenters. The van der Waals surface area contributed by atoms with Crippen LogP contribution in [0.25, 0.3) is 0 Å². The molecule has 21 heavy (non-hydrogen) atoms. The van der Waals surface area contributed by atoms with Crippen LogP contribution in [-0.4, -0.2) is 29.6 Å². The Bertz CT molecular complexity index is 449. The fourth-order valence-corrected chi connectivity index (χ4v) is 3.25. The van der Waals surface area contributed by atoms with Crippen LogP contribution in [0.5, 0.6) is 5.75 Å². The van der Waals surface area contributed by atoms with Crippen LogP contribution in [0.4, 0.5) is 0 Å². The maximum atomic E-state index is 9.73. The summed E-state index contributed by atoms with van der Waals surface area (Å²) in [6.45, 7) is 12.9. The molecule has 0 amide bonds. The highest BCUT2D eigenvalue weighted by molar-refractivity contribution is 5.85. The van der Waals surface area contributed by atoms with Gasteiger partial charge in [0.1, 0.15) is 5.75 Å². The first-order valence-electron chi connectivity index (χ1n) is 7.93. The zero-order valence-electron chi connectivity index (χ0n) is 13.8. The van der Waals surface area contributed by atoms with Gasteiger partial charge in [0.15, 0.2) is 0 Å². The SMILES string of the molecule is CC(C)CCN1CC[C@](C)(c2cccc(O)c2)[C@@H](C)C1.Cl. The Morgan fingerprint density at radius 3 is 2.67 bits per heavy atom. The summed E-state index contributed by atoms with van der Waals surface area (Å²) in [5.74, 6) is 1.79. The van der Waals surface area contributed by atoms with Gasteiger partial charge >= 0.3 is 0 Å². The fourth-order valence-electron chi connectivity index (χ4n) is 3.25. The minimum absolute atomic E-state index is 0. The second-order valence-electron chi connectivity index (χ2n) is 7.10. The summed E-state index contributed by atoms with van der Waals surface area (Å²) >= 11 is 0. The first-order valence-corrected chi connectivity index (χ1v) is 7.93. The summed E-state index contributed by atoms with van der Waals surface area (Å²) in [6.07, 6.45) is 2.46. The van der Waals surface area contributed by atoms with Crippen molar-refractivity contribution in [2.45, 2.75) is 46.0 Å². The monoisotopic (exact) mass is 311 g/mol. The second kappa shape index (κ2) is 7.51. The molecule has 3 heteroatoms. The molecule has 0 spiro atoms. The Labute approximate surface area is 136 Å². The Balaban J connectivity index is 0.00000220. The van der Waals surface area contributed by atoms with E-state index in [2.05, 4.69) is 38.7 Å². The van der Waals surface area contributed by atoms with Crippen molar-refractivity contribution >= 4 is 12.4 Å². The van der Waals surface area contributed by atoms with Gasteiger partial charge in [0, 0.05) is 6.54 Å². The highest BCUT2D eigenvalue weighted by atomic mass is 35.5. The predicted octanol–water partition coefficient (Wildman–Crippen LogP) is 4.46. The summed E-state index contributed by atoms with van der Waals surface area (Å²) in [6, 6.07) is 7.84. The van der Waals surface area contributed by atoms with Crippen LogP contribution in [0.2, 0.25) is 0 Å². The van der Waals surface area contributed by atoms with Gasteiger partial charge in [0.2, 0.25) is 0 Å². The maximum absolute atomic E-state index is 9.73. The van der Waals surface area contributed by atoms with E-state index in [0.29, 0.717) is 11.7 Å². The van der Waals surface area contributed by atoms with Gasteiger partial charge in [-0.1, -0.05) is 39.8 Å². The molecule has 0 saturated carbocycles. The van der Waals surface area contributed by atoms with Crippen molar-refractivity contribution in [3.8, 4) is 5.75 Å². The maximum Gasteiger partial charge on any atom is 0.115 e. The molecule has 1 fully saturated rings. The number of rotatable bonds is 4. The van der Waals surface area contributed by atoms with Crippen molar-refractivity contribution in [1.29, 1.82) is 0 Å². The molecule has 0 radical (unpaired) electrons. The van der Waals surface area contributed by atoms with E-state index in [9.17, 15) is 5.11 Å². The highest BCUT2D eigenvalue weighted by Crippen LogP contribution is 2.40. The number of likely N-dealkylation sites (tertiary alicyclic amines) is 1. The Morgan fingerprint density at radius 2 is 2.10 bits per heavy atom. The molecule has 0 aromatic heterocycles. The zero-order valence-corrected chi connectivity index (χ0v) is 14.6. The van der Waals surface area contributed by atoms with Crippen molar-refractivity contribution in [3.05, 3.63) is 29.8 Å². The van der Waals surface area contributed by atoms with Gasteiger partial charge in [-0.3, -0.25) is 0 Å². The van der Waals surface area contributed by atoms with E-state index in [-0.39, 0.29) is 17.8 Å². The molecule has 2 atom stereocenters. The lowest BCUT2D eigenvalue weighted by molar-refractivity contribution is 0.107. The molecule has 2 nitrogen and oxygen atoms in total. The first-order chi connectivity index (χ1) is 9.41. The van der Waals surface area contributed by atoms with Crippen molar-refractivity contribution < 1.29 is 5.11 Å². The van der Waals surface area contributed by atoms with Crippen LogP contribution >= 0.6 is 12.4 Å². The minimum Gasteiger partial charge on any atom is -0.508 e. The standard InChI is InChI=1S/C18H29NO.ClH/c1-14(2)8-10-19-11-9-18(4,15(3)13-19)16-6-5-7-17(20)12-16;/h5-7,12,14-15,20H,8-11,13H2,1-4H3;1H/t15-,18-;/m0./s1. The molecule has 0 aliphatic carbocycles. The Morgan fingerprint density at radius 1 is 1.38 bits per heavy atom. The van der Waals surface area contributed by atoms with E-state index in [1.165, 1.54) is 38.0 Å².